The number of hydrogen-bond donors (Lipinski definition) is 3. The zero-order valence-electron chi connectivity index (χ0n) is 45.8. The molecule has 5 aliphatic rings. The number of amides is 2. The van der Waals surface area contributed by atoms with Crippen LogP contribution in [-0.2, 0) is 14.3 Å². The van der Waals surface area contributed by atoms with E-state index in [4.69, 9.17) is 4.74 Å². The first kappa shape index (κ1) is 61.8. The number of nitrogens with zero attached hydrogens (tertiary/aromatic N) is 7. The van der Waals surface area contributed by atoms with E-state index in [1.807, 2.05) is 80.1 Å². The van der Waals surface area contributed by atoms with Crippen LogP contribution < -0.4 is 15.1 Å². The first-order valence-electron chi connectivity index (χ1n) is 27.4. The molecule has 0 aliphatic carbocycles. The number of aliphatic hydroxyl groups is 2. The van der Waals surface area contributed by atoms with Crippen LogP contribution in [0.15, 0.2) is 54.7 Å². The lowest BCUT2D eigenvalue weighted by Crippen LogP contribution is -2.51. The van der Waals surface area contributed by atoms with Crippen LogP contribution in [0.2, 0.25) is 0 Å². The number of ether oxygens (including phenoxy) is 1. The Kier molecular flexibility index (Phi) is 30.5. The van der Waals surface area contributed by atoms with Gasteiger partial charge in [0.2, 0.25) is 11.8 Å². The monoisotopic (exact) mass is 967 g/mol. The number of anilines is 2. The number of rotatable bonds is 14. The third-order valence-electron chi connectivity index (χ3n) is 14.0. The first-order valence-corrected chi connectivity index (χ1v) is 27.4. The summed E-state index contributed by atoms with van der Waals surface area (Å²) in [7, 11) is 6.34. The van der Waals surface area contributed by atoms with E-state index >= 15 is 0 Å². The number of piperazine rings is 1. The number of pyridine rings is 1. The van der Waals surface area contributed by atoms with E-state index in [2.05, 4.69) is 90.9 Å². The van der Waals surface area contributed by atoms with Crippen molar-refractivity contribution in [3.05, 3.63) is 54.7 Å². The molecule has 2 aromatic rings. The van der Waals surface area contributed by atoms with E-state index in [0.717, 1.165) is 122 Å². The summed E-state index contributed by atoms with van der Waals surface area (Å²) in [4.78, 5) is 42.1. The van der Waals surface area contributed by atoms with Crippen LogP contribution in [0.25, 0.3) is 0 Å². The SMILES string of the molecule is CC.CC.CCCC(C)CN(C)CCC.CCCN(C)c1ccccn1.CN1CCC(O)(CC(=O)N2CCC3(CCCO3)CC2)CC1.O=C(CC1(O)CCNCC1)N1CCN(c2ccccc2)CC1. The minimum Gasteiger partial charge on any atom is -0.389 e. The van der Waals surface area contributed by atoms with Gasteiger partial charge in [-0.1, -0.05) is 86.1 Å². The Morgan fingerprint density at radius 2 is 1.26 bits per heavy atom. The highest BCUT2D eigenvalue weighted by Gasteiger charge is 2.41. The van der Waals surface area contributed by atoms with Gasteiger partial charge >= 0.3 is 0 Å². The molecule has 0 saturated carbocycles. The minimum atomic E-state index is -0.807. The maximum atomic E-state index is 12.5. The van der Waals surface area contributed by atoms with E-state index in [0.29, 0.717) is 25.7 Å². The fraction of sp³-hybridized carbons (Fsp3) is 0.768. The van der Waals surface area contributed by atoms with Crippen LogP contribution in [0.5, 0.6) is 0 Å². The Bertz CT molecular complexity index is 1570. The van der Waals surface area contributed by atoms with Crippen molar-refractivity contribution in [3.63, 3.8) is 0 Å². The van der Waals surface area contributed by atoms with Gasteiger partial charge in [0.25, 0.3) is 0 Å². The van der Waals surface area contributed by atoms with E-state index in [-0.39, 0.29) is 30.3 Å². The summed E-state index contributed by atoms with van der Waals surface area (Å²) in [5, 5.41) is 24.3. The van der Waals surface area contributed by atoms with E-state index in [1.165, 1.54) is 38.0 Å². The van der Waals surface area contributed by atoms with Crippen molar-refractivity contribution in [2.75, 3.05) is 123 Å². The van der Waals surface area contributed by atoms with Crippen LogP contribution in [0.4, 0.5) is 11.5 Å². The van der Waals surface area contributed by atoms with Gasteiger partial charge in [-0.25, -0.2) is 4.98 Å². The molecule has 5 aliphatic heterocycles. The predicted octanol–water partition coefficient (Wildman–Crippen LogP) is 8.59. The van der Waals surface area contributed by atoms with Crippen molar-refractivity contribution in [2.45, 2.75) is 162 Å². The van der Waals surface area contributed by atoms with Gasteiger partial charge in [0, 0.05) is 91.0 Å². The third-order valence-corrected chi connectivity index (χ3v) is 14.0. The number of likely N-dealkylation sites (tertiary alicyclic amines) is 2. The maximum absolute atomic E-state index is 12.5. The fourth-order valence-corrected chi connectivity index (χ4v) is 9.85. The average Bonchev–Trinajstić information content (AvgIpc) is 3.83. The first-order chi connectivity index (χ1) is 33.2. The molecule has 2 amide bonds. The molecule has 1 atom stereocenters. The van der Waals surface area contributed by atoms with E-state index in [1.54, 1.807) is 0 Å². The number of hydrogen-bond acceptors (Lipinski definition) is 11. The second kappa shape index (κ2) is 34.1. The van der Waals surface area contributed by atoms with Gasteiger partial charge in [-0.15, -0.1) is 0 Å². The van der Waals surface area contributed by atoms with Crippen LogP contribution in [0, 0.1) is 5.92 Å². The van der Waals surface area contributed by atoms with Gasteiger partial charge in [0.1, 0.15) is 5.82 Å². The van der Waals surface area contributed by atoms with Gasteiger partial charge in [-0.3, -0.25) is 9.59 Å². The van der Waals surface area contributed by atoms with Gasteiger partial charge in [0.15, 0.2) is 0 Å². The largest absolute Gasteiger partial charge is 0.389 e. The molecule has 13 heteroatoms. The number of carbonyl (C=O) groups excluding carboxylic acids is 2. The summed E-state index contributed by atoms with van der Waals surface area (Å²) >= 11 is 0. The normalized spacial score (nSPS) is 19.7. The van der Waals surface area contributed by atoms with Gasteiger partial charge in [0.05, 0.1) is 29.6 Å². The molecule has 0 bridgehead atoms. The molecule has 396 valence electrons. The molecular formula is C56H102N8O5. The van der Waals surface area contributed by atoms with Crippen molar-refractivity contribution >= 4 is 23.3 Å². The molecular weight excluding hydrogens is 865 g/mol. The molecule has 5 saturated heterocycles. The summed E-state index contributed by atoms with van der Waals surface area (Å²) < 4.78 is 5.90. The van der Waals surface area contributed by atoms with E-state index in [9.17, 15) is 19.8 Å². The highest BCUT2D eigenvalue weighted by molar-refractivity contribution is 5.78. The van der Waals surface area contributed by atoms with Crippen molar-refractivity contribution in [1.29, 1.82) is 0 Å². The quantitative estimate of drug-likeness (QED) is 0.169. The summed E-state index contributed by atoms with van der Waals surface area (Å²) in [6.45, 7) is 29.6. The maximum Gasteiger partial charge on any atom is 0.225 e. The standard InChI is InChI=1S/C17H25N3O2.C16H28N2O3.C10H23N.C9H14N2.2C2H6/c21-16(14-17(22)6-8-18-9-7-17)20-12-10-19(11-13-20)15-4-2-1-3-5-15;1-17-8-4-15(20,5-9-17)13-14(19)18-10-6-16(7-11-18)3-2-12-21-16;1-5-7-10(3)9-11(4)8-6-2;1-3-8-11(2)9-6-4-5-7-10-9;2*1-2/h1-5,18,22H,6-14H2;20H,2-13H2,1H3;10H,5-9H2,1-4H3;4-7H,3,8H2,1-2H3;2*1-2H3. The van der Waals surface area contributed by atoms with Crippen LogP contribution in [-0.4, -0.2) is 176 Å². The molecule has 3 N–H and O–H groups in total. The molecule has 0 radical (unpaired) electrons. The Balaban J connectivity index is 0.000000322. The molecule has 69 heavy (non-hydrogen) atoms. The van der Waals surface area contributed by atoms with Crippen LogP contribution in [0.3, 0.4) is 0 Å². The van der Waals surface area contributed by atoms with Crippen LogP contribution >= 0.6 is 0 Å². The van der Waals surface area contributed by atoms with E-state index < -0.39 is 11.2 Å². The van der Waals surface area contributed by atoms with Crippen molar-refractivity contribution < 1.29 is 24.5 Å². The predicted molar refractivity (Wildman–Crippen MR) is 289 cm³/mol. The Morgan fingerprint density at radius 3 is 1.77 bits per heavy atom. The lowest BCUT2D eigenvalue weighted by molar-refractivity contribution is -0.143. The molecule has 1 spiro atoms. The summed E-state index contributed by atoms with van der Waals surface area (Å²) in [5.41, 5.74) is -0.325. The average molecular weight is 967 g/mol. The Morgan fingerprint density at radius 1 is 0.710 bits per heavy atom. The van der Waals surface area contributed by atoms with Crippen molar-refractivity contribution in [2.24, 2.45) is 5.92 Å². The van der Waals surface area contributed by atoms with Crippen LogP contribution in [0.1, 0.15) is 145 Å². The molecule has 6 heterocycles. The second-order valence-corrected chi connectivity index (χ2v) is 19.8. The topological polar surface area (TPSA) is 128 Å². The minimum absolute atomic E-state index is 0.0568. The van der Waals surface area contributed by atoms with Gasteiger partial charge in [-0.2, -0.15) is 0 Å². The highest BCUT2D eigenvalue weighted by atomic mass is 16.5. The second-order valence-electron chi connectivity index (χ2n) is 19.8. The third kappa shape index (κ3) is 23.2. The lowest BCUT2D eigenvalue weighted by Gasteiger charge is -2.41. The number of aromatic nitrogens is 1. The van der Waals surface area contributed by atoms with Gasteiger partial charge in [-0.05, 0) is 135 Å². The Labute approximate surface area is 421 Å². The number of carbonyl (C=O) groups is 2. The van der Waals surface area contributed by atoms with Crippen molar-refractivity contribution in [1.82, 2.24) is 29.9 Å². The molecule has 1 unspecified atom stereocenters. The Hall–Kier alpha value is -3.33. The zero-order valence-corrected chi connectivity index (χ0v) is 45.8. The number of benzene rings is 1. The molecule has 5 fully saturated rings. The molecule has 1 aromatic heterocycles. The zero-order chi connectivity index (χ0) is 51.1. The fourth-order valence-electron chi connectivity index (χ4n) is 9.85. The van der Waals surface area contributed by atoms with Gasteiger partial charge < -0.3 is 49.7 Å². The summed E-state index contributed by atoms with van der Waals surface area (Å²) in [6.07, 6.45) is 14.5. The summed E-state index contributed by atoms with van der Waals surface area (Å²) in [5.74, 6) is 2.14. The highest BCUT2D eigenvalue weighted by Crippen LogP contribution is 2.36. The molecule has 13 nitrogen and oxygen atoms in total. The number of para-hydroxylation sites is 1. The number of piperidine rings is 3. The van der Waals surface area contributed by atoms with Crippen molar-refractivity contribution in [3.8, 4) is 0 Å². The molecule has 1 aromatic carbocycles. The molecule has 7 rings (SSSR count). The smallest absolute Gasteiger partial charge is 0.225 e. The lowest BCUT2D eigenvalue weighted by atomic mass is 9.86. The summed E-state index contributed by atoms with van der Waals surface area (Å²) in [6, 6.07) is 16.3. The number of nitrogens with one attached hydrogen (secondary N) is 1.